The van der Waals surface area contributed by atoms with Crippen molar-refractivity contribution in [2.45, 2.75) is 13.3 Å². The van der Waals surface area contributed by atoms with Gasteiger partial charge in [0.25, 0.3) is 5.91 Å². The van der Waals surface area contributed by atoms with Crippen LogP contribution in [0.3, 0.4) is 0 Å². The Labute approximate surface area is 128 Å². The molecule has 21 heavy (non-hydrogen) atoms. The molecule has 0 bridgehead atoms. The quantitative estimate of drug-likeness (QED) is 0.872. The Morgan fingerprint density at radius 3 is 3.14 bits per heavy atom. The SMILES string of the molecule is Cc1csc(C(=O)N2CCC(COc3ccccn3)C2)c1. The first kappa shape index (κ1) is 14.1. The number of pyridine rings is 1. The number of likely N-dealkylation sites (tertiary alicyclic amines) is 1. The molecule has 1 aliphatic heterocycles. The van der Waals surface area contributed by atoms with Gasteiger partial charge >= 0.3 is 0 Å². The standard InChI is InChI=1S/C16H18N2O2S/c1-12-8-14(21-11-12)16(19)18-7-5-13(9-18)10-20-15-4-2-3-6-17-15/h2-4,6,8,11,13H,5,7,9-10H2,1H3. The first-order valence-electron chi connectivity index (χ1n) is 7.10. The van der Waals surface area contributed by atoms with Gasteiger partial charge in [0.15, 0.2) is 0 Å². The van der Waals surface area contributed by atoms with Crippen LogP contribution in [0.2, 0.25) is 0 Å². The third-order valence-electron chi connectivity index (χ3n) is 3.62. The average Bonchev–Trinajstić information content (AvgIpc) is 3.14. The summed E-state index contributed by atoms with van der Waals surface area (Å²) in [5.41, 5.74) is 1.15. The third-order valence-corrected chi connectivity index (χ3v) is 4.66. The van der Waals surface area contributed by atoms with Crippen molar-refractivity contribution in [2.75, 3.05) is 19.7 Å². The molecular weight excluding hydrogens is 284 g/mol. The number of carbonyl (C=O) groups is 1. The fourth-order valence-electron chi connectivity index (χ4n) is 2.49. The van der Waals surface area contributed by atoms with Crippen LogP contribution < -0.4 is 4.74 Å². The molecule has 1 amide bonds. The van der Waals surface area contributed by atoms with Crippen molar-refractivity contribution in [1.29, 1.82) is 0 Å². The van der Waals surface area contributed by atoms with Crippen molar-refractivity contribution < 1.29 is 9.53 Å². The van der Waals surface area contributed by atoms with E-state index in [9.17, 15) is 4.79 Å². The van der Waals surface area contributed by atoms with E-state index < -0.39 is 0 Å². The van der Waals surface area contributed by atoms with Crippen LogP contribution >= 0.6 is 11.3 Å². The fourth-order valence-corrected chi connectivity index (χ4v) is 3.35. The summed E-state index contributed by atoms with van der Waals surface area (Å²) in [6.07, 6.45) is 2.71. The molecule has 2 aromatic rings. The lowest BCUT2D eigenvalue weighted by Crippen LogP contribution is -2.28. The maximum absolute atomic E-state index is 12.4. The monoisotopic (exact) mass is 302 g/mol. The molecule has 1 fully saturated rings. The van der Waals surface area contributed by atoms with Gasteiger partial charge in [-0.3, -0.25) is 4.79 Å². The molecule has 3 heterocycles. The average molecular weight is 302 g/mol. The van der Waals surface area contributed by atoms with Crippen molar-refractivity contribution in [2.24, 2.45) is 5.92 Å². The van der Waals surface area contributed by atoms with Crippen LogP contribution in [0.15, 0.2) is 35.8 Å². The molecule has 1 saturated heterocycles. The van der Waals surface area contributed by atoms with Crippen molar-refractivity contribution in [3.8, 4) is 5.88 Å². The van der Waals surface area contributed by atoms with Gasteiger partial charge in [-0.05, 0) is 36.4 Å². The van der Waals surface area contributed by atoms with E-state index in [0.29, 0.717) is 18.4 Å². The second-order valence-corrected chi connectivity index (χ2v) is 6.28. The van der Waals surface area contributed by atoms with Gasteiger partial charge in [-0.25, -0.2) is 4.98 Å². The van der Waals surface area contributed by atoms with Crippen molar-refractivity contribution in [3.63, 3.8) is 0 Å². The smallest absolute Gasteiger partial charge is 0.263 e. The molecule has 1 aliphatic rings. The Bertz CT molecular complexity index is 612. The maximum atomic E-state index is 12.4. The van der Waals surface area contributed by atoms with Crippen molar-refractivity contribution in [1.82, 2.24) is 9.88 Å². The van der Waals surface area contributed by atoms with Gasteiger partial charge in [0.1, 0.15) is 0 Å². The zero-order valence-electron chi connectivity index (χ0n) is 12.0. The number of aryl methyl sites for hydroxylation is 1. The number of ether oxygens (including phenoxy) is 1. The van der Waals surface area contributed by atoms with Gasteiger partial charge in [-0.15, -0.1) is 11.3 Å². The van der Waals surface area contributed by atoms with E-state index in [4.69, 9.17) is 4.74 Å². The molecule has 0 radical (unpaired) electrons. The predicted octanol–water partition coefficient (Wildman–Crippen LogP) is 2.99. The zero-order chi connectivity index (χ0) is 14.7. The van der Waals surface area contributed by atoms with Crippen molar-refractivity contribution in [3.05, 3.63) is 46.3 Å². The second-order valence-electron chi connectivity index (χ2n) is 5.37. The van der Waals surface area contributed by atoms with E-state index >= 15 is 0 Å². The van der Waals surface area contributed by atoms with Gasteiger partial charge in [0.05, 0.1) is 11.5 Å². The molecule has 3 rings (SSSR count). The van der Waals surface area contributed by atoms with Crippen LogP contribution in [0.1, 0.15) is 21.7 Å². The van der Waals surface area contributed by atoms with Crippen LogP contribution in [0.4, 0.5) is 0 Å². The van der Waals surface area contributed by atoms with E-state index in [1.165, 1.54) is 11.3 Å². The highest BCUT2D eigenvalue weighted by Crippen LogP contribution is 2.22. The maximum Gasteiger partial charge on any atom is 0.263 e. The highest BCUT2D eigenvalue weighted by atomic mass is 32.1. The lowest BCUT2D eigenvalue weighted by atomic mass is 10.1. The van der Waals surface area contributed by atoms with E-state index in [0.717, 1.165) is 30.0 Å². The lowest BCUT2D eigenvalue weighted by molar-refractivity contribution is 0.0787. The molecule has 110 valence electrons. The molecule has 0 aromatic carbocycles. The van der Waals surface area contributed by atoms with Gasteiger partial charge in [0, 0.05) is 31.3 Å². The zero-order valence-corrected chi connectivity index (χ0v) is 12.8. The molecule has 0 N–H and O–H groups in total. The first-order valence-corrected chi connectivity index (χ1v) is 7.98. The number of hydrogen-bond acceptors (Lipinski definition) is 4. The van der Waals surface area contributed by atoms with Gasteiger partial charge in [-0.1, -0.05) is 6.07 Å². The summed E-state index contributed by atoms with van der Waals surface area (Å²) in [6.45, 7) is 4.21. The fraction of sp³-hybridized carbons (Fsp3) is 0.375. The topological polar surface area (TPSA) is 42.4 Å². The molecule has 2 aromatic heterocycles. The highest BCUT2D eigenvalue weighted by Gasteiger charge is 2.28. The van der Waals surface area contributed by atoms with Gasteiger partial charge in [-0.2, -0.15) is 0 Å². The molecule has 0 saturated carbocycles. The highest BCUT2D eigenvalue weighted by molar-refractivity contribution is 7.12. The second kappa shape index (κ2) is 6.26. The molecule has 4 nitrogen and oxygen atoms in total. The van der Waals surface area contributed by atoms with Crippen LogP contribution in [0.5, 0.6) is 5.88 Å². The lowest BCUT2D eigenvalue weighted by Gasteiger charge is -2.15. The van der Waals surface area contributed by atoms with E-state index in [1.807, 2.05) is 41.5 Å². The molecule has 1 atom stereocenters. The first-order chi connectivity index (χ1) is 10.2. The minimum atomic E-state index is 0.147. The Kier molecular flexibility index (Phi) is 4.20. The molecular formula is C16H18N2O2S. The molecule has 1 unspecified atom stereocenters. The Morgan fingerprint density at radius 2 is 2.43 bits per heavy atom. The summed E-state index contributed by atoms with van der Waals surface area (Å²) in [6, 6.07) is 7.59. The summed E-state index contributed by atoms with van der Waals surface area (Å²) >= 11 is 1.52. The van der Waals surface area contributed by atoms with Crippen LogP contribution in [0, 0.1) is 12.8 Å². The number of thiophene rings is 1. The molecule has 0 spiro atoms. The molecule has 0 aliphatic carbocycles. The van der Waals surface area contributed by atoms with Gasteiger partial charge < -0.3 is 9.64 Å². The summed E-state index contributed by atoms with van der Waals surface area (Å²) in [5, 5.41) is 2.02. The minimum Gasteiger partial charge on any atom is -0.477 e. The van der Waals surface area contributed by atoms with E-state index in [2.05, 4.69) is 4.98 Å². The minimum absolute atomic E-state index is 0.147. The number of aromatic nitrogens is 1. The van der Waals surface area contributed by atoms with Crippen LogP contribution in [-0.2, 0) is 0 Å². The van der Waals surface area contributed by atoms with E-state index in [1.54, 1.807) is 6.20 Å². The third kappa shape index (κ3) is 3.42. The largest absolute Gasteiger partial charge is 0.477 e. The predicted molar refractivity (Wildman–Crippen MR) is 82.8 cm³/mol. The normalized spacial score (nSPS) is 18.0. The number of rotatable bonds is 4. The van der Waals surface area contributed by atoms with Crippen LogP contribution in [0.25, 0.3) is 0 Å². The summed E-state index contributed by atoms with van der Waals surface area (Å²) in [5.74, 6) is 1.18. The summed E-state index contributed by atoms with van der Waals surface area (Å²) in [4.78, 5) is 19.3. The Hall–Kier alpha value is -1.88. The summed E-state index contributed by atoms with van der Waals surface area (Å²) in [7, 11) is 0. The summed E-state index contributed by atoms with van der Waals surface area (Å²) < 4.78 is 5.68. The van der Waals surface area contributed by atoms with Crippen molar-refractivity contribution >= 4 is 17.2 Å². The number of amides is 1. The van der Waals surface area contributed by atoms with Gasteiger partial charge in [0.2, 0.25) is 5.88 Å². The number of hydrogen-bond donors (Lipinski definition) is 0. The molecule has 5 heteroatoms. The number of nitrogens with zero attached hydrogens (tertiary/aromatic N) is 2. The Morgan fingerprint density at radius 1 is 1.52 bits per heavy atom. The number of carbonyl (C=O) groups excluding carboxylic acids is 1. The Balaban J connectivity index is 1.52. The van der Waals surface area contributed by atoms with E-state index in [-0.39, 0.29) is 5.91 Å². The van der Waals surface area contributed by atoms with Crippen LogP contribution in [-0.4, -0.2) is 35.5 Å².